The monoisotopic (exact) mass is 658 g/mol. The van der Waals surface area contributed by atoms with Gasteiger partial charge in [-0.2, -0.15) is 0 Å². The lowest BCUT2D eigenvalue weighted by Gasteiger charge is -2.28. The van der Waals surface area contributed by atoms with Gasteiger partial charge in [0.25, 0.3) is 0 Å². The van der Waals surface area contributed by atoms with Gasteiger partial charge in [-0.15, -0.1) is 0 Å². The van der Waals surface area contributed by atoms with Crippen molar-refractivity contribution in [3.05, 3.63) is 200 Å². The molecule has 0 fully saturated rings. The van der Waals surface area contributed by atoms with Crippen LogP contribution in [0.5, 0.6) is 5.75 Å². The van der Waals surface area contributed by atoms with Crippen molar-refractivity contribution in [1.82, 2.24) is 9.97 Å². The topological polar surface area (TPSA) is 52.5 Å². The van der Waals surface area contributed by atoms with E-state index in [-0.39, 0.29) is 5.75 Å². The van der Waals surface area contributed by atoms with Crippen molar-refractivity contribution in [2.75, 3.05) is 9.80 Å². The zero-order valence-corrected chi connectivity index (χ0v) is 27.8. The number of phenolic OH excluding ortho intramolecular Hbond substituents is 1. The Balaban J connectivity index is 1.33. The molecular weight excluding hydrogens is 625 g/mol. The average Bonchev–Trinajstić information content (AvgIpc) is 3.20. The third-order valence-corrected chi connectivity index (χ3v) is 8.79. The molecule has 5 nitrogen and oxygen atoms in total. The molecule has 0 aliphatic heterocycles. The second kappa shape index (κ2) is 14.2. The van der Waals surface area contributed by atoms with Gasteiger partial charge in [-0.3, -0.25) is 4.90 Å². The van der Waals surface area contributed by atoms with E-state index in [9.17, 15) is 5.11 Å². The molecule has 51 heavy (non-hydrogen) atoms. The van der Waals surface area contributed by atoms with Crippen LogP contribution >= 0.6 is 0 Å². The van der Waals surface area contributed by atoms with Crippen LogP contribution in [-0.2, 0) is 0 Å². The first-order valence-corrected chi connectivity index (χ1v) is 16.9. The first-order chi connectivity index (χ1) is 25.2. The van der Waals surface area contributed by atoms with Crippen molar-refractivity contribution in [3.63, 3.8) is 0 Å². The van der Waals surface area contributed by atoms with Crippen molar-refractivity contribution in [2.24, 2.45) is 0 Å². The summed E-state index contributed by atoms with van der Waals surface area (Å²) in [6, 6.07) is 65.3. The average molecular weight is 659 g/mol. The molecule has 0 spiro atoms. The van der Waals surface area contributed by atoms with Gasteiger partial charge in [-0.05, 0) is 84.4 Å². The molecule has 244 valence electrons. The number of anilines is 6. The van der Waals surface area contributed by atoms with E-state index in [0.29, 0.717) is 11.3 Å². The molecule has 6 aromatic carbocycles. The molecule has 2 heterocycles. The van der Waals surface area contributed by atoms with E-state index in [1.165, 1.54) is 0 Å². The molecule has 0 aliphatic carbocycles. The lowest BCUT2D eigenvalue weighted by Crippen LogP contribution is -2.13. The van der Waals surface area contributed by atoms with E-state index in [4.69, 9.17) is 9.97 Å². The standard InChI is InChI=1S/C46H34N4O/c51-45-28-13-11-26-41(45)43-33-39(49(36-20-6-2-7-21-36)37-22-8-3-9-23-37)32-42(48-43)35-19-16-24-38(31-35)50(46-29-14-15-30-47-46)44-27-12-10-25-40(44)34-17-4-1-5-18-34/h1-33,51H. The van der Waals surface area contributed by atoms with Gasteiger partial charge >= 0.3 is 0 Å². The Hall–Kier alpha value is -6.98. The minimum absolute atomic E-state index is 0.173. The van der Waals surface area contributed by atoms with E-state index in [1.54, 1.807) is 6.07 Å². The number of benzene rings is 6. The first kappa shape index (κ1) is 31.3. The molecule has 0 unspecified atom stereocenters. The zero-order chi connectivity index (χ0) is 34.4. The molecule has 0 atom stereocenters. The molecule has 0 bridgehead atoms. The van der Waals surface area contributed by atoms with Crippen molar-refractivity contribution in [2.45, 2.75) is 0 Å². The van der Waals surface area contributed by atoms with Crippen molar-refractivity contribution < 1.29 is 5.11 Å². The summed E-state index contributed by atoms with van der Waals surface area (Å²) in [5.74, 6) is 0.973. The minimum Gasteiger partial charge on any atom is -0.507 e. The lowest BCUT2D eigenvalue weighted by atomic mass is 10.0. The fourth-order valence-corrected chi connectivity index (χ4v) is 6.44. The Morgan fingerprint density at radius 3 is 1.65 bits per heavy atom. The van der Waals surface area contributed by atoms with Crippen LogP contribution in [0.3, 0.4) is 0 Å². The lowest BCUT2D eigenvalue weighted by molar-refractivity contribution is 0.477. The molecule has 5 heteroatoms. The number of phenols is 1. The Kier molecular flexibility index (Phi) is 8.74. The number of pyridine rings is 2. The third-order valence-electron chi connectivity index (χ3n) is 8.79. The van der Waals surface area contributed by atoms with E-state index >= 15 is 0 Å². The highest BCUT2D eigenvalue weighted by Gasteiger charge is 2.20. The Labute approximate surface area is 298 Å². The SMILES string of the molecule is Oc1ccccc1-c1cc(N(c2ccccc2)c2ccccc2)cc(-c2cccc(N(c3ccccn3)c3ccccc3-c3ccccc3)c2)n1. The molecule has 1 N–H and O–H groups in total. The van der Waals surface area contributed by atoms with Crippen molar-refractivity contribution in [1.29, 1.82) is 0 Å². The summed E-state index contributed by atoms with van der Waals surface area (Å²) >= 11 is 0. The minimum atomic E-state index is 0.173. The van der Waals surface area contributed by atoms with Crippen LogP contribution < -0.4 is 9.80 Å². The Morgan fingerprint density at radius 2 is 0.961 bits per heavy atom. The smallest absolute Gasteiger partial charge is 0.137 e. The summed E-state index contributed by atoms with van der Waals surface area (Å²) in [6.07, 6.45) is 1.82. The van der Waals surface area contributed by atoms with Gasteiger partial charge in [-0.1, -0.05) is 115 Å². The van der Waals surface area contributed by atoms with Crippen LogP contribution in [0.1, 0.15) is 0 Å². The fourth-order valence-electron chi connectivity index (χ4n) is 6.44. The van der Waals surface area contributed by atoms with Crippen LogP contribution in [-0.4, -0.2) is 15.1 Å². The van der Waals surface area contributed by atoms with Gasteiger partial charge in [0.15, 0.2) is 0 Å². The maximum absolute atomic E-state index is 11.0. The van der Waals surface area contributed by atoms with Gasteiger partial charge in [-0.25, -0.2) is 9.97 Å². The molecule has 0 saturated heterocycles. The van der Waals surface area contributed by atoms with Crippen molar-refractivity contribution >= 4 is 34.3 Å². The van der Waals surface area contributed by atoms with Crippen LogP contribution in [0.15, 0.2) is 200 Å². The largest absolute Gasteiger partial charge is 0.507 e. The number of para-hydroxylation sites is 4. The quantitative estimate of drug-likeness (QED) is 0.167. The Bertz CT molecular complexity index is 2340. The van der Waals surface area contributed by atoms with Gasteiger partial charge in [0.05, 0.1) is 22.8 Å². The van der Waals surface area contributed by atoms with Gasteiger partial charge < -0.3 is 10.0 Å². The van der Waals surface area contributed by atoms with Crippen LogP contribution in [0.25, 0.3) is 33.6 Å². The van der Waals surface area contributed by atoms with Gasteiger partial charge in [0.1, 0.15) is 11.6 Å². The molecule has 0 saturated carbocycles. The highest BCUT2D eigenvalue weighted by atomic mass is 16.3. The molecule has 2 aromatic heterocycles. The second-order valence-corrected chi connectivity index (χ2v) is 12.1. The predicted molar refractivity (Wildman–Crippen MR) is 209 cm³/mol. The fraction of sp³-hybridized carbons (Fsp3) is 0. The number of aromatic nitrogens is 2. The maximum Gasteiger partial charge on any atom is 0.137 e. The normalized spacial score (nSPS) is 10.8. The summed E-state index contributed by atoms with van der Waals surface area (Å²) in [5.41, 5.74) is 10.1. The molecule has 0 amide bonds. The summed E-state index contributed by atoms with van der Waals surface area (Å²) in [4.78, 5) is 14.4. The first-order valence-electron chi connectivity index (χ1n) is 16.9. The van der Waals surface area contributed by atoms with Gasteiger partial charge in [0, 0.05) is 39.9 Å². The second-order valence-electron chi connectivity index (χ2n) is 12.1. The highest BCUT2D eigenvalue weighted by Crippen LogP contribution is 2.43. The molecule has 8 rings (SSSR count). The molecule has 8 aromatic rings. The number of aromatic hydroxyl groups is 1. The van der Waals surface area contributed by atoms with Crippen LogP contribution in [0.4, 0.5) is 34.3 Å². The number of rotatable bonds is 9. The van der Waals surface area contributed by atoms with Gasteiger partial charge in [0.2, 0.25) is 0 Å². The summed E-state index contributed by atoms with van der Waals surface area (Å²) in [6.45, 7) is 0. The maximum atomic E-state index is 11.0. The van der Waals surface area contributed by atoms with Crippen LogP contribution in [0, 0.1) is 0 Å². The Morgan fingerprint density at radius 1 is 0.392 bits per heavy atom. The zero-order valence-electron chi connectivity index (χ0n) is 27.8. The number of hydrogen-bond donors (Lipinski definition) is 1. The third kappa shape index (κ3) is 6.56. The predicted octanol–water partition coefficient (Wildman–Crippen LogP) is 12.1. The van der Waals surface area contributed by atoms with E-state index < -0.39 is 0 Å². The molecule has 0 radical (unpaired) electrons. The summed E-state index contributed by atoms with van der Waals surface area (Å²) in [5, 5.41) is 11.0. The molecular formula is C46H34N4O. The summed E-state index contributed by atoms with van der Waals surface area (Å²) < 4.78 is 0. The number of hydrogen-bond acceptors (Lipinski definition) is 5. The summed E-state index contributed by atoms with van der Waals surface area (Å²) in [7, 11) is 0. The van der Waals surface area contributed by atoms with E-state index in [1.807, 2.05) is 91.1 Å². The van der Waals surface area contributed by atoms with Crippen molar-refractivity contribution in [3.8, 4) is 39.4 Å². The van der Waals surface area contributed by atoms with Crippen LogP contribution in [0.2, 0.25) is 0 Å². The van der Waals surface area contributed by atoms with E-state index in [0.717, 1.165) is 56.6 Å². The highest BCUT2D eigenvalue weighted by molar-refractivity contribution is 5.89. The van der Waals surface area contributed by atoms with E-state index in [2.05, 4.69) is 113 Å². The number of nitrogens with zero attached hydrogens (tertiary/aromatic N) is 4. The molecule has 0 aliphatic rings.